The van der Waals surface area contributed by atoms with Crippen LogP contribution < -0.4 is 11.1 Å². The molecule has 0 unspecified atom stereocenters. The number of hydrogen-bond acceptors (Lipinski definition) is 3. The van der Waals surface area contributed by atoms with Gasteiger partial charge in [-0.05, 0) is 43.4 Å². The van der Waals surface area contributed by atoms with E-state index >= 15 is 0 Å². The lowest BCUT2D eigenvalue weighted by molar-refractivity contribution is -0.136. The summed E-state index contributed by atoms with van der Waals surface area (Å²) in [5, 5.41) is 3.94. The van der Waals surface area contributed by atoms with Crippen LogP contribution in [0.2, 0.25) is 5.02 Å². The third kappa shape index (κ3) is 3.72. The van der Waals surface area contributed by atoms with Crippen LogP contribution in [0.4, 0.5) is 0 Å². The highest BCUT2D eigenvalue weighted by Crippen LogP contribution is 2.43. The third-order valence-electron chi connectivity index (χ3n) is 5.68. The van der Waals surface area contributed by atoms with Gasteiger partial charge in [0.1, 0.15) is 0 Å². The van der Waals surface area contributed by atoms with Crippen molar-refractivity contribution in [2.24, 2.45) is 11.1 Å². The van der Waals surface area contributed by atoms with E-state index in [0.717, 1.165) is 17.9 Å². The first-order valence-corrected chi connectivity index (χ1v) is 8.80. The van der Waals surface area contributed by atoms with E-state index in [2.05, 4.69) is 17.4 Å². The average Bonchev–Trinajstić information content (AvgIpc) is 2.55. The SMILES string of the molecule is Cl.NCC1(C(=O)NCC2(c3ccc(Cl)cc3)CCC2)CCOCC1. The highest BCUT2D eigenvalue weighted by Gasteiger charge is 2.42. The molecule has 2 aliphatic rings. The van der Waals surface area contributed by atoms with Crippen LogP contribution in [0.15, 0.2) is 24.3 Å². The summed E-state index contributed by atoms with van der Waals surface area (Å²) in [6.45, 7) is 2.30. The van der Waals surface area contributed by atoms with Gasteiger partial charge in [0.15, 0.2) is 0 Å². The van der Waals surface area contributed by atoms with Gasteiger partial charge in [-0.1, -0.05) is 30.2 Å². The zero-order chi connectivity index (χ0) is 16.3. The third-order valence-corrected chi connectivity index (χ3v) is 5.93. The lowest BCUT2D eigenvalue weighted by Gasteiger charge is -2.44. The molecule has 1 heterocycles. The van der Waals surface area contributed by atoms with Gasteiger partial charge in [-0.2, -0.15) is 0 Å². The van der Waals surface area contributed by atoms with Crippen LogP contribution in [-0.4, -0.2) is 32.2 Å². The number of carbonyl (C=O) groups is 1. The fraction of sp³-hybridized carbons (Fsp3) is 0.611. The molecular weight excluding hydrogens is 347 g/mol. The molecule has 4 nitrogen and oxygen atoms in total. The van der Waals surface area contributed by atoms with E-state index in [1.807, 2.05) is 12.1 Å². The molecule has 1 aromatic rings. The van der Waals surface area contributed by atoms with E-state index in [4.69, 9.17) is 22.1 Å². The van der Waals surface area contributed by atoms with Gasteiger partial charge in [-0.25, -0.2) is 0 Å². The minimum Gasteiger partial charge on any atom is -0.381 e. The van der Waals surface area contributed by atoms with Crippen molar-refractivity contribution in [3.05, 3.63) is 34.9 Å². The Kier molecular flexibility index (Phi) is 6.54. The van der Waals surface area contributed by atoms with Gasteiger partial charge >= 0.3 is 0 Å². The van der Waals surface area contributed by atoms with Crippen LogP contribution in [-0.2, 0) is 14.9 Å². The lowest BCUT2D eigenvalue weighted by Crippen LogP contribution is -2.53. The van der Waals surface area contributed by atoms with E-state index in [1.54, 1.807) is 0 Å². The first-order valence-electron chi connectivity index (χ1n) is 8.42. The van der Waals surface area contributed by atoms with Crippen molar-refractivity contribution in [1.82, 2.24) is 5.32 Å². The van der Waals surface area contributed by atoms with E-state index in [-0.39, 0.29) is 23.7 Å². The molecule has 0 spiro atoms. The molecule has 1 saturated heterocycles. The summed E-state index contributed by atoms with van der Waals surface area (Å²) in [6.07, 6.45) is 4.84. The molecule has 0 aromatic heterocycles. The molecule has 3 N–H and O–H groups in total. The maximum Gasteiger partial charge on any atom is 0.227 e. The molecule has 2 fully saturated rings. The Bertz CT molecular complexity index is 553. The maximum absolute atomic E-state index is 12.8. The Balaban J connectivity index is 0.00000208. The minimum absolute atomic E-state index is 0. The largest absolute Gasteiger partial charge is 0.381 e. The highest BCUT2D eigenvalue weighted by molar-refractivity contribution is 6.30. The second-order valence-corrected chi connectivity index (χ2v) is 7.36. The summed E-state index contributed by atoms with van der Waals surface area (Å²) in [7, 11) is 0. The molecular formula is C18H26Cl2N2O2. The van der Waals surface area contributed by atoms with Crippen LogP contribution in [0.25, 0.3) is 0 Å². The summed E-state index contributed by atoms with van der Waals surface area (Å²) in [4.78, 5) is 12.8. The van der Waals surface area contributed by atoms with Crippen molar-refractivity contribution >= 4 is 29.9 Å². The molecule has 1 saturated carbocycles. The smallest absolute Gasteiger partial charge is 0.227 e. The molecule has 1 aliphatic heterocycles. The molecule has 24 heavy (non-hydrogen) atoms. The molecule has 0 bridgehead atoms. The van der Waals surface area contributed by atoms with Crippen molar-refractivity contribution in [2.75, 3.05) is 26.3 Å². The van der Waals surface area contributed by atoms with E-state index in [1.165, 1.54) is 12.0 Å². The van der Waals surface area contributed by atoms with Crippen molar-refractivity contribution in [1.29, 1.82) is 0 Å². The zero-order valence-corrected chi connectivity index (χ0v) is 15.4. The monoisotopic (exact) mass is 372 g/mol. The summed E-state index contributed by atoms with van der Waals surface area (Å²) in [5.41, 5.74) is 6.79. The van der Waals surface area contributed by atoms with Gasteiger partial charge in [-0.15, -0.1) is 12.4 Å². The Morgan fingerprint density at radius 1 is 1.17 bits per heavy atom. The number of carbonyl (C=O) groups excluding carboxylic acids is 1. The van der Waals surface area contributed by atoms with Crippen LogP contribution in [0, 0.1) is 5.41 Å². The number of hydrogen-bond donors (Lipinski definition) is 2. The van der Waals surface area contributed by atoms with E-state index in [9.17, 15) is 4.79 Å². The molecule has 1 aliphatic carbocycles. The van der Waals surface area contributed by atoms with Gasteiger partial charge in [0.2, 0.25) is 5.91 Å². The van der Waals surface area contributed by atoms with Gasteiger partial charge < -0.3 is 15.8 Å². The number of rotatable bonds is 5. The second kappa shape index (κ2) is 8.05. The normalized spacial score (nSPS) is 21.2. The fourth-order valence-electron chi connectivity index (χ4n) is 3.70. The molecule has 6 heteroatoms. The van der Waals surface area contributed by atoms with Gasteiger partial charge in [0, 0.05) is 36.7 Å². The lowest BCUT2D eigenvalue weighted by atomic mass is 9.64. The highest BCUT2D eigenvalue weighted by atomic mass is 35.5. The standard InChI is InChI=1S/C18H25ClN2O2.ClH/c19-15-4-2-14(3-5-15)18(6-1-7-18)13-21-16(22)17(12-20)8-10-23-11-9-17;/h2-5H,1,6-13,20H2,(H,21,22);1H. The average molecular weight is 373 g/mol. The number of ether oxygens (including phenoxy) is 1. The predicted octanol–water partition coefficient (Wildman–Crippen LogP) is 3.06. The van der Waals surface area contributed by atoms with E-state index < -0.39 is 5.41 Å². The Morgan fingerprint density at radius 3 is 2.29 bits per heavy atom. The maximum atomic E-state index is 12.8. The summed E-state index contributed by atoms with van der Waals surface area (Å²) >= 11 is 5.99. The van der Waals surface area contributed by atoms with Crippen LogP contribution >= 0.6 is 24.0 Å². The first kappa shape index (κ1) is 19.5. The molecule has 134 valence electrons. The van der Waals surface area contributed by atoms with Gasteiger partial charge in [0.25, 0.3) is 0 Å². The van der Waals surface area contributed by atoms with Crippen LogP contribution in [0.1, 0.15) is 37.7 Å². The van der Waals surface area contributed by atoms with Gasteiger partial charge in [0.05, 0.1) is 5.41 Å². The number of halogens is 2. The van der Waals surface area contributed by atoms with Crippen molar-refractivity contribution in [3.8, 4) is 0 Å². The summed E-state index contributed by atoms with van der Waals surface area (Å²) in [6, 6.07) is 8.03. The number of amides is 1. The zero-order valence-electron chi connectivity index (χ0n) is 13.9. The molecule has 0 atom stereocenters. The fourth-order valence-corrected chi connectivity index (χ4v) is 3.82. The minimum atomic E-state index is -0.455. The van der Waals surface area contributed by atoms with Crippen molar-refractivity contribution in [2.45, 2.75) is 37.5 Å². The quantitative estimate of drug-likeness (QED) is 0.834. The number of nitrogens with two attached hydrogens (primary N) is 1. The van der Waals surface area contributed by atoms with Crippen LogP contribution in [0.5, 0.6) is 0 Å². The van der Waals surface area contributed by atoms with Crippen molar-refractivity contribution < 1.29 is 9.53 Å². The second-order valence-electron chi connectivity index (χ2n) is 6.92. The Labute approximate surface area is 154 Å². The number of benzene rings is 1. The molecule has 3 rings (SSSR count). The van der Waals surface area contributed by atoms with Crippen molar-refractivity contribution in [3.63, 3.8) is 0 Å². The topological polar surface area (TPSA) is 64.4 Å². The Morgan fingerprint density at radius 2 is 1.79 bits per heavy atom. The van der Waals surface area contributed by atoms with E-state index in [0.29, 0.717) is 39.1 Å². The van der Waals surface area contributed by atoms with Crippen LogP contribution in [0.3, 0.4) is 0 Å². The Hall–Kier alpha value is -0.810. The number of nitrogens with one attached hydrogen (secondary N) is 1. The van der Waals surface area contributed by atoms with Gasteiger partial charge in [-0.3, -0.25) is 4.79 Å². The first-order chi connectivity index (χ1) is 11.1. The molecule has 0 radical (unpaired) electrons. The molecule has 1 amide bonds. The molecule has 1 aromatic carbocycles. The summed E-state index contributed by atoms with van der Waals surface area (Å²) in [5.74, 6) is 0.0866. The predicted molar refractivity (Wildman–Crippen MR) is 98.8 cm³/mol. The summed E-state index contributed by atoms with van der Waals surface area (Å²) < 4.78 is 5.39.